The number of nitrogens with zero attached hydrogens (tertiary/aromatic N) is 6. The number of hydrogen-bond acceptors (Lipinski definition) is 6. The van der Waals surface area contributed by atoms with Gasteiger partial charge >= 0.3 is 0 Å². The first-order chi connectivity index (χ1) is 15.3. The standard InChI is InChI=1S/C23H23ClN6O/c24-21-11-5-4-10-20(21)22(23-25-26-27-30(23)17-19-9-6-16-31-19)29-14-12-28(13-15-29)18-7-2-1-3-8-18/h1-11,16,22H,12-15,17H2. The molecule has 1 saturated heterocycles. The second kappa shape index (κ2) is 8.91. The quantitative estimate of drug-likeness (QED) is 0.459. The van der Waals surface area contributed by atoms with E-state index < -0.39 is 0 Å². The first-order valence-corrected chi connectivity index (χ1v) is 10.7. The van der Waals surface area contributed by atoms with E-state index in [1.54, 1.807) is 10.9 Å². The van der Waals surface area contributed by atoms with Gasteiger partial charge < -0.3 is 9.32 Å². The molecule has 0 aliphatic carbocycles. The van der Waals surface area contributed by atoms with Crippen LogP contribution in [0.4, 0.5) is 5.69 Å². The van der Waals surface area contributed by atoms with Crippen molar-refractivity contribution < 1.29 is 4.42 Å². The topological polar surface area (TPSA) is 63.2 Å². The van der Waals surface area contributed by atoms with E-state index in [-0.39, 0.29) is 6.04 Å². The van der Waals surface area contributed by atoms with Crippen molar-refractivity contribution in [2.45, 2.75) is 12.6 Å². The van der Waals surface area contributed by atoms with Crippen LogP contribution in [0, 0.1) is 0 Å². The summed E-state index contributed by atoms with van der Waals surface area (Å²) in [5, 5.41) is 13.3. The Balaban J connectivity index is 1.44. The lowest BCUT2D eigenvalue weighted by Crippen LogP contribution is -2.48. The molecule has 0 radical (unpaired) electrons. The Morgan fingerprint density at radius 2 is 1.68 bits per heavy atom. The fourth-order valence-corrected chi connectivity index (χ4v) is 4.38. The normalized spacial score (nSPS) is 15.8. The van der Waals surface area contributed by atoms with Gasteiger partial charge in [0.2, 0.25) is 0 Å². The molecule has 8 heteroatoms. The number of rotatable bonds is 6. The Bertz CT molecular complexity index is 1110. The van der Waals surface area contributed by atoms with Crippen LogP contribution in [0.25, 0.3) is 0 Å². The van der Waals surface area contributed by atoms with E-state index in [0.29, 0.717) is 11.6 Å². The molecule has 2 aromatic heterocycles. The molecule has 0 bridgehead atoms. The molecular weight excluding hydrogens is 412 g/mol. The van der Waals surface area contributed by atoms with Crippen LogP contribution in [-0.2, 0) is 6.54 Å². The third-order valence-electron chi connectivity index (χ3n) is 5.69. The summed E-state index contributed by atoms with van der Waals surface area (Å²) in [6, 6.07) is 22.1. The largest absolute Gasteiger partial charge is 0.467 e. The minimum atomic E-state index is -0.142. The number of aromatic nitrogens is 4. The monoisotopic (exact) mass is 434 g/mol. The van der Waals surface area contributed by atoms with Gasteiger partial charge in [0.15, 0.2) is 5.82 Å². The molecule has 31 heavy (non-hydrogen) atoms. The molecule has 0 spiro atoms. The second-order valence-electron chi connectivity index (χ2n) is 7.56. The molecule has 5 rings (SSSR count). The number of hydrogen-bond donors (Lipinski definition) is 0. The summed E-state index contributed by atoms with van der Waals surface area (Å²) in [5.41, 5.74) is 2.26. The van der Waals surface area contributed by atoms with E-state index in [4.69, 9.17) is 16.0 Å². The van der Waals surface area contributed by atoms with Crippen LogP contribution in [0.15, 0.2) is 77.4 Å². The van der Waals surface area contributed by atoms with Gasteiger partial charge in [-0.2, -0.15) is 0 Å². The van der Waals surface area contributed by atoms with Crippen molar-refractivity contribution in [1.29, 1.82) is 0 Å². The molecule has 3 heterocycles. The van der Waals surface area contributed by atoms with Crippen LogP contribution in [0.3, 0.4) is 0 Å². The molecule has 4 aromatic rings. The molecule has 1 atom stereocenters. The molecule has 0 amide bonds. The Hall–Kier alpha value is -3.16. The summed E-state index contributed by atoms with van der Waals surface area (Å²) in [4.78, 5) is 4.82. The smallest absolute Gasteiger partial charge is 0.173 e. The molecule has 158 valence electrons. The number of halogens is 1. The first-order valence-electron chi connectivity index (χ1n) is 10.4. The molecule has 0 saturated carbocycles. The fraction of sp³-hybridized carbons (Fsp3) is 0.261. The van der Waals surface area contributed by atoms with Gasteiger partial charge in [-0.25, -0.2) is 4.68 Å². The van der Waals surface area contributed by atoms with Gasteiger partial charge in [0.25, 0.3) is 0 Å². The zero-order valence-electron chi connectivity index (χ0n) is 17.0. The Labute approximate surface area is 185 Å². The van der Waals surface area contributed by atoms with Crippen LogP contribution in [-0.4, -0.2) is 51.3 Å². The molecule has 7 nitrogen and oxygen atoms in total. The summed E-state index contributed by atoms with van der Waals surface area (Å²) < 4.78 is 7.32. The highest BCUT2D eigenvalue weighted by molar-refractivity contribution is 6.31. The maximum Gasteiger partial charge on any atom is 0.173 e. The summed E-state index contributed by atoms with van der Waals surface area (Å²) in [5.74, 6) is 1.57. The van der Waals surface area contributed by atoms with Crippen molar-refractivity contribution in [3.8, 4) is 0 Å². The number of para-hydroxylation sites is 1. The van der Waals surface area contributed by atoms with Gasteiger partial charge in [0.05, 0.1) is 12.3 Å². The fourth-order valence-electron chi connectivity index (χ4n) is 4.14. The minimum absolute atomic E-state index is 0.142. The predicted molar refractivity (Wildman–Crippen MR) is 119 cm³/mol. The highest BCUT2D eigenvalue weighted by Crippen LogP contribution is 2.33. The maximum atomic E-state index is 6.64. The Morgan fingerprint density at radius 1 is 0.903 bits per heavy atom. The summed E-state index contributed by atoms with van der Waals surface area (Å²) in [6.07, 6.45) is 1.66. The van der Waals surface area contributed by atoms with Gasteiger partial charge in [-0.15, -0.1) is 5.10 Å². The SMILES string of the molecule is Clc1ccccc1C(c1nnnn1Cc1ccco1)N1CCN(c2ccccc2)CC1. The summed E-state index contributed by atoms with van der Waals surface area (Å²) in [7, 11) is 0. The molecule has 1 unspecified atom stereocenters. The van der Waals surface area contributed by atoms with Gasteiger partial charge in [0.1, 0.15) is 12.3 Å². The van der Waals surface area contributed by atoms with Gasteiger partial charge in [-0.1, -0.05) is 48.0 Å². The van der Waals surface area contributed by atoms with E-state index in [0.717, 1.165) is 43.3 Å². The number of piperazine rings is 1. The van der Waals surface area contributed by atoms with E-state index in [1.165, 1.54) is 5.69 Å². The Morgan fingerprint density at radius 3 is 2.42 bits per heavy atom. The Kier molecular flexibility index (Phi) is 5.69. The van der Waals surface area contributed by atoms with Crippen LogP contribution < -0.4 is 4.90 Å². The van der Waals surface area contributed by atoms with Crippen LogP contribution in [0.5, 0.6) is 0 Å². The molecule has 2 aromatic carbocycles. The predicted octanol–water partition coefficient (Wildman–Crippen LogP) is 3.88. The first kappa shape index (κ1) is 19.8. The van der Waals surface area contributed by atoms with Crippen molar-refractivity contribution in [2.75, 3.05) is 31.1 Å². The maximum absolute atomic E-state index is 6.64. The van der Waals surface area contributed by atoms with Crippen molar-refractivity contribution in [2.24, 2.45) is 0 Å². The molecule has 1 aliphatic rings. The van der Waals surface area contributed by atoms with E-state index in [2.05, 4.69) is 55.7 Å². The average molecular weight is 435 g/mol. The lowest BCUT2D eigenvalue weighted by atomic mass is 10.0. The van der Waals surface area contributed by atoms with Crippen molar-refractivity contribution in [1.82, 2.24) is 25.1 Å². The zero-order chi connectivity index (χ0) is 21.0. The van der Waals surface area contributed by atoms with E-state index >= 15 is 0 Å². The zero-order valence-corrected chi connectivity index (χ0v) is 17.8. The molecular formula is C23H23ClN6O. The van der Waals surface area contributed by atoms with Crippen molar-refractivity contribution in [3.63, 3.8) is 0 Å². The third kappa shape index (κ3) is 4.19. The number of furan rings is 1. The highest BCUT2D eigenvalue weighted by atomic mass is 35.5. The van der Waals surface area contributed by atoms with E-state index in [1.807, 2.05) is 36.4 Å². The van der Waals surface area contributed by atoms with Gasteiger partial charge in [-0.05, 0) is 46.3 Å². The number of anilines is 1. The molecule has 0 N–H and O–H groups in total. The molecule has 1 fully saturated rings. The second-order valence-corrected chi connectivity index (χ2v) is 7.96. The van der Waals surface area contributed by atoms with Crippen LogP contribution >= 0.6 is 11.6 Å². The van der Waals surface area contributed by atoms with E-state index in [9.17, 15) is 0 Å². The summed E-state index contributed by atoms with van der Waals surface area (Å²) >= 11 is 6.64. The lowest BCUT2D eigenvalue weighted by Gasteiger charge is -2.40. The van der Waals surface area contributed by atoms with Crippen molar-refractivity contribution in [3.05, 3.63) is 95.2 Å². The molecule has 1 aliphatic heterocycles. The lowest BCUT2D eigenvalue weighted by molar-refractivity contribution is 0.201. The van der Waals surface area contributed by atoms with Crippen LogP contribution in [0.2, 0.25) is 5.02 Å². The average Bonchev–Trinajstić information content (AvgIpc) is 3.49. The van der Waals surface area contributed by atoms with Gasteiger partial charge in [-0.3, -0.25) is 4.90 Å². The minimum Gasteiger partial charge on any atom is -0.467 e. The summed E-state index contributed by atoms with van der Waals surface area (Å²) in [6.45, 7) is 4.06. The van der Waals surface area contributed by atoms with Gasteiger partial charge in [0, 0.05) is 36.9 Å². The van der Waals surface area contributed by atoms with Crippen molar-refractivity contribution >= 4 is 17.3 Å². The number of tetrazole rings is 1. The number of benzene rings is 2. The highest BCUT2D eigenvalue weighted by Gasteiger charge is 2.32. The third-order valence-corrected chi connectivity index (χ3v) is 6.03. The van der Waals surface area contributed by atoms with Crippen LogP contribution in [0.1, 0.15) is 23.2 Å².